The molecule has 0 aliphatic rings. The van der Waals surface area contributed by atoms with Gasteiger partial charge in [0, 0.05) is 33.8 Å². The number of aromatic nitrogens is 3. The molecule has 0 bridgehead atoms. The number of anilines is 1. The molecule has 0 radical (unpaired) electrons. The Hall–Kier alpha value is -3.18. The van der Waals surface area contributed by atoms with E-state index in [1.807, 2.05) is 30.3 Å². The van der Waals surface area contributed by atoms with Crippen molar-refractivity contribution in [2.45, 2.75) is 10.8 Å². The summed E-state index contributed by atoms with van der Waals surface area (Å²) in [5, 5.41) is 11.6. The Morgan fingerprint density at radius 1 is 0.969 bits per heavy atom. The second kappa shape index (κ2) is 8.40. The van der Waals surface area contributed by atoms with E-state index in [0.717, 1.165) is 43.1 Å². The van der Waals surface area contributed by atoms with Crippen LogP contribution in [0.5, 0.6) is 0 Å². The summed E-state index contributed by atoms with van der Waals surface area (Å²) in [6.45, 7) is 0.406. The van der Waals surface area contributed by atoms with Crippen LogP contribution in [-0.4, -0.2) is 23.4 Å². The van der Waals surface area contributed by atoms with Gasteiger partial charge in [0.05, 0.1) is 11.9 Å². The minimum Gasteiger partial charge on any atom is -0.364 e. The second-order valence-electron chi connectivity index (χ2n) is 6.95. The lowest BCUT2D eigenvalue weighted by atomic mass is 10.1. The Morgan fingerprint density at radius 2 is 1.78 bits per heavy atom. The maximum Gasteiger partial charge on any atom is 0.247 e. The predicted octanol–water partition coefficient (Wildman–Crippen LogP) is 4.74. The number of benzene rings is 1. The van der Waals surface area contributed by atoms with Gasteiger partial charge >= 0.3 is 0 Å². The first-order chi connectivity index (χ1) is 15.5. The van der Waals surface area contributed by atoms with Gasteiger partial charge in [-0.05, 0) is 29.8 Å². The molecular formula is C22H17N5O2S3. The molecule has 0 spiro atoms. The van der Waals surface area contributed by atoms with Crippen molar-refractivity contribution in [1.29, 1.82) is 0 Å². The van der Waals surface area contributed by atoms with Crippen molar-refractivity contribution < 1.29 is 8.42 Å². The fraction of sp³-hybridized carbons (Fsp3) is 0.0455. The Labute approximate surface area is 192 Å². The Bertz CT molecular complexity index is 1500. The lowest BCUT2D eigenvalue weighted by molar-refractivity contribution is 0.600. The van der Waals surface area contributed by atoms with E-state index in [4.69, 9.17) is 15.1 Å². The monoisotopic (exact) mass is 479 g/mol. The van der Waals surface area contributed by atoms with Gasteiger partial charge in [0.25, 0.3) is 0 Å². The highest BCUT2D eigenvalue weighted by Gasteiger charge is 2.17. The van der Waals surface area contributed by atoms with Crippen molar-refractivity contribution in [2.75, 3.05) is 5.32 Å². The Kier molecular flexibility index (Phi) is 5.43. The average Bonchev–Trinajstić information content (AvgIpc) is 3.46. The maximum atomic E-state index is 11.6. The van der Waals surface area contributed by atoms with Gasteiger partial charge in [-0.1, -0.05) is 30.3 Å². The number of fused-ring (bicyclic) bond motifs is 1. The number of pyridine rings is 1. The van der Waals surface area contributed by atoms with Crippen LogP contribution in [0, 0.1) is 0 Å². The third kappa shape index (κ3) is 4.13. The van der Waals surface area contributed by atoms with Gasteiger partial charge in [-0.2, -0.15) is 0 Å². The number of nitrogens with zero attached hydrogens (tertiary/aromatic N) is 3. The summed E-state index contributed by atoms with van der Waals surface area (Å²) in [6, 6.07) is 17.1. The smallest absolute Gasteiger partial charge is 0.247 e. The van der Waals surface area contributed by atoms with Crippen molar-refractivity contribution >= 4 is 48.7 Å². The van der Waals surface area contributed by atoms with Crippen LogP contribution >= 0.6 is 22.7 Å². The summed E-state index contributed by atoms with van der Waals surface area (Å²) < 4.78 is 23.4. The molecule has 4 heterocycles. The quantitative estimate of drug-likeness (QED) is 0.364. The normalized spacial score (nSPS) is 11.7. The summed E-state index contributed by atoms with van der Waals surface area (Å²) in [7, 11) is -3.72. The number of hydrogen-bond donors (Lipinski definition) is 2. The Balaban J connectivity index is 1.59. The minimum absolute atomic E-state index is 0.138. The fourth-order valence-electron chi connectivity index (χ4n) is 3.30. The molecule has 5 rings (SSSR count). The molecule has 5 aromatic rings. The minimum atomic E-state index is -3.72. The molecular weight excluding hydrogens is 462 g/mol. The molecule has 0 fully saturated rings. The lowest BCUT2D eigenvalue weighted by Crippen LogP contribution is -2.09. The van der Waals surface area contributed by atoms with Gasteiger partial charge in [0.1, 0.15) is 14.9 Å². The molecule has 10 heteroatoms. The van der Waals surface area contributed by atoms with Crippen LogP contribution in [-0.2, 0) is 16.6 Å². The standard InChI is InChI=1S/C22H17N5O2S3/c23-32(28,29)18-9-8-16(31-18)12-25-21-19-17(14-5-2-1-3-6-14)13-30-22(19)27-20(26-21)15-7-4-10-24-11-15/h1-11,13H,12H2,(H2,23,28,29)(H,25,26,27). The second-order valence-corrected chi connectivity index (χ2v) is 10.8. The third-order valence-electron chi connectivity index (χ3n) is 4.79. The fourth-order valence-corrected chi connectivity index (χ4v) is 5.97. The maximum absolute atomic E-state index is 11.6. The third-order valence-corrected chi connectivity index (χ3v) is 8.18. The van der Waals surface area contributed by atoms with Crippen molar-refractivity contribution in [3.63, 3.8) is 0 Å². The van der Waals surface area contributed by atoms with E-state index in [1.165, 1.54) is 6.07 Å². The van der Waals surface area contributed by atoms with Gasteiger partial charge in [-0.25, -0.2) is 23.5 Å². The van der Waals surface area contributed by atoms with E-state index in [-0.39, 0.29) is 4.21 Å². The van der Waals surface area contributed by atoms with Gasteiger partial charge in [-0.3, -0.25) is 4.98 Å². The highest BCUT2D eigenvalue weighted by Crippen LogP contribution is 2.38. The first-order valence-corrected chi connectivity index (χ1v) is 12.8. The van der Waals surface area contributed by atoms with Crippen molar-refractivity contribution in [1.82, 2.24) is 15.0 Å². The van der Waals surface area contributed by atoms with E-state index in [9.17, 15) is 8.42 Å². The molecule has 7 nitrogen and oxygen atoms in total. The first-order valence-electron chi connectivity index (χ1n) is 9.59. The SMILES string of the molecule is NS(=O)(=O)c1ccc(CNc2nc(-c3cccnc3)nc3scc(-c4ccccc4)c23)s1. The molecule has 160 valence electrons. The average molecular weight is 480 g/mol. The lowest BCUT2D eigenvalue weighted by Gasteiger charge is -2.10. The molecule has 0 saturated carbocycles. The van der Waals surface area contributed by atoms with Crippen LogP contribution in [0.2, 0.25) is 0 Å². The highest BCUT2D eigenvalue weighted by atomic mass is 32.2. The van der Waals surface area contributed by atoms with Gasteiger partial charge in [0.15, 0.2) is 5.82 Å². The summed E-state index contributed by atoms with van der Waals surface area (Å²) in [6.07, 6.45) is 3.44. The zero-order valence-corrected chi connectivity index (χ0v) is 19.0. The summed E-state index contributed by atoms with van der Waals surface area (Å²) in [4.78, 5) is 15.5. The number of nitrogens with two attached hydrogens (primary N) is 1. The Morgan fingerprint density at radius 3 is 2.50 bits per heavy atom. The number of rotatable bonds is 6. The van der Waals surface area contributed by atoms with Crippen LogP contribution in [0.15, 0.2) is 76.6 Å². The van der Waals surface area contributed by atoms with Gasteiger partial charge in [-0.15, -0.1) is 22.7 Å². The first kappa shape index (κ1) is 20.7. The molecule has 0 unspecified atom stereocenters. The van der Waals surface area contributed by atoms with Crippen LogP contribution < -0.4 is 10.5 Å². The van der Waals surface area contributed by atoms with E-state index in [2.05, 4.69) is 27.8 Å². The topological polar surface area (TPSA) is 111 Å². The van der Waals surface area contributed by atoms with E-state index in [1.54, 1.807) is 29.8 Å². The summed E-state index contributed by atoms with van der Waals surface area (Å²) in [5.41, 5.74) is 2.94. The highest BCUT2D eigenvalue weighted by molar-refractivity contribution is 7.91. The summed E-state index contributed by atoms with van der Waals surface area (Å²) >= 11 is 2.70. The molecule has 0 atom stereocenters. The molecule has 3 N–H and O–H groups in total. The van der Waals surface area contributed by atoms with Crippen LogP contribution in [0.1, 0.15) is 4.88 Å². The molecule has 0 aliphatic carbocycles. The number of thiophene rings is 2. The molecule has 0 saturated heterocycles. The molecule has 4 aromatic heterocycles. The van der Waals surface area contributed by atoms with Gasteiger partial charge < -0.3 is 5.32 Å². The van der Waals surface area contributed by atoms with Crippen molar-refractivity contribution in [3.05, 3.63) is 77.2 Å². The zero-order chi connectivity index (χ0) is 22.1. The molecule has 32 heavy (non-hydrogen) atoms. The number of hydrogen-bond acceptors (Lipinski definition) is 8. The molecule has 1 aromatic carbocycles. The number of primary sulfonamides is 1. The molecule has 0 aliphatic heterocycles. The largest absolute Gasteiger partial charge is 0.364 e. The summed E-state index contributed by atoms with van der Waals surface area (Å²) in [5.74, 6) is 1.26. The van der Waals surface area contributed by atoms with Crippen molar-refractivity contribution in [3.8, 4) is 22.5 Å². The van der Waals surface area contributed by atoms with Crippen LogP contribution in [0.3, 0.4) is 0 Å². The predicted molar refractivity (Wildman–Crippen MR) is 129 cm³/mol. The molecule has 0 amide bonds. The number of sulfonamides is 1. The van der Waals surface area contributed by atoms with E-state index < -0.39 is 10.0 Å². The van der Waals surface area contributed by atoms with Gasteiger partial charge in [0.2, 0.25) is 10.0 Å². The van der Waals surface area contributed by atoms with Crippen molar-refractivity contribution in [2.24, 2.45) is 5.14 Å². The number of nitrogens with one attached hydrogen (secondary N) is 1. The van der Waals surface area contributed by atoms with E-state index in [0.29, 0.717) is 18.2 Å². The zero-order valence-electron chi connectivity index (χ0n) is 16.6. The van der Waals surface area contributed by atoms with Crippen LogP contribution in [0.25, 0.3) is 32.7 Å². The van der Waals surface area contributed by atoms with Crippen LogP contribution in [0.4, 0.5) is 5.82 Å². The van der Waals surface area contributed by atoms with E-state index >= 15 is 0 Å².